The van der Waals surface area contributed by atoms with Gasteiger partial charge in [0.05, 0.1) is 5.69 Å². The molecule has 0 atom stereocenters. The molecule has 0 radical (unpaired) electrons. The lowest BCUT2D eigenvalue weighted by Crippen LogP contribution is -2.35. The molecule has 1 aliphatic carbocycles. The molecule has 136 valence electrons. The van der Waals surface area contributed by atoms with Gasteiger partial charge in [0.25, 0.3) is 5.91 Å². The number of hydrogen-bond acceptors (Lipinski definition) is 3. The van der Waals surface area contributed by atoms with Crippen LogP contribution in [0.5, 0.6) is 0 Å². The maximum absolute atomic E-state index is 14.7. The highest BCUT2D eigenvalue weighted by molar-refractivity contribution is 6.08. The molecule has 1 spiro atoms. The van der Waals surface area contributed by atoms with Crippen LogP contribution in [0.1, 0.15) is 41.6 Å². The first-order valence-corrected chi connectivity index (χ1v) is 9.25. The number of benzene rings is 2. The molecule has 27 heavy (non-hydrogen) atoms. The molecule has 1 aliphatic heterocycles. The summed E-state index contributed by atoms with van der Waals surface area (Å²) >= 11 is 0. The Balaban J connectivity index is 1.50. The molecular weight excluding hydrogens is 343 g/mol. The van der Waals surface area contributed by atoms with E-state index in [2.05, 4.69) is 15.2 Å². The van der Waals surface area contributed by atoms with E-state index >= 15 is 0 Å². The maximum Gasteiger partial charge on any atom is 0.258 e. The van der Waals surface area contributed by atoms with Gasteiger partial charge in [0.2, 0.25) is 0 Å². The molecule has 6 heteroatoms. The third kappa shape index (κ3) is 2.47. The molecule has 2 aromatic carbocycles. The average molecular weight is 362 g/mol. The van der Waals surface area contributed by atoms with Crippen LogP contribution in [0.2, 0.25) is 0 Å². The van der Waals surface area contributed by atoms with Gasteiger partial charge in [-0.25, -0.2) is 9.37 Å². The van der Waals surface area contributed by atoms with E-state index < -0.39 is 0 Å². The van der Waals surface area contributed by atoms with Crippen LogP contribution in [0.4, 0.5) is 10.1 Å². The van der Waals surface area contributed by atoms with Crippen molar-refractivity contribution in [1.29, 1.82) is 0 Å². The Labute approximate surface area is 156 Å². The highest BCUT2D eigenvalue weighted by Gasteiger charge is 2.48. The molecule has 2 aliphatic rings. The lowest BCUT2D eigenvalue weighted by Gasteiger charge is -2.25. The van der Waals surface area contributed by atoms with Crippen LogP contribution >= 0.6 is 0 Å². The van der Waals surface area contributed by atoms with Gasteiger partial charge in [0.1, 0.15) is 12.1 Å². The fraction of sp³-hybridized carbons (Fsp3) is 0.286. The Bertz CT molecular complexity index is 992. The Hall–Kier alpha value is -3.02. The van der Waals surface area contributed by atoms with Crippen molar-refractivity contribution in [1.82, 2.24) is 15.2 Å². The van der Waals surface area contributed by atoms with Crippen LogP contribution in [0.3, 0.4) is 0 Å². The zero-order valence-corrected chi connectivity index (χ0v) is 14.8. The summed E-state index contributed by atoms with van der Waals surface area (Å²) in [6.45, 7) is 0.561. The van der Waals surface area contributed by atoms with E-state index in [9.17, 15) is 9.18 Å². The van der Waals surface area contributed by atoms with Crippen LogP contribution < -0.4 is 4.90 Å². The predicted octanol–water partition coefficient (Wildman–Crippen LogP) is 4.08. The number of aromatic nitrogens is 3. The van der Waals surface area contributed by atoms with E-state index in [1.165, 1.54) is 12.4 Å². The number of hydrogen-bond donors (Lipinski definition) is 1. The number of H-pyrrole nitrogens is 1. The predicted molar refractivity (Wildman–Crippen MR) is 100 cm³/mol. The molecule has 5 rings (SSSR count). The van der Waals surface area contributed by atoms with Crippen molar-refractivity contribution in [3.05, 3.63) is 65.7 Å². The van der Waals surface area contributed by atoms with E-state index in [1.807, 2.05) is 18.2 Å². The average Bonchev–Trinajstić information content (AvgIpc) is 3.44. The first kappa shape index (κ1) is 16.2. The van der Waals surface area contributed by atoms with Crippen molar-refractivity contribution in [2.75, 3.05) is 11.4 Å². The monoisotopic (exact) mass is 362 g/mol. The molecule has 5 nitrogen and oxygen atoms in total. The first-order chi connectivity index (χ1) is 13.2. The normalized spacial score (nSPS) is 17.4. The number of anilines is 1. The number of rotatable bonds is 2. The number of nitrogens with one attached hydrogen (secondary N) is 1. The topological polar surface area (TPSA) is 61.9 Å². The maximum atomic E-state index is 14.7. The Kier molecular flexibility index (Phi) is 3.60. The second-order valence-electron chi connectivity index (χ2n) is 7.42. The third-order valence-electron chi connectivity index (χ3n) is 5.90. The summed E-state index contributed by atoms with van der Waals surface area (Å²) in [6.07, 6.45) is 5.50. The zero-order valence-electron chi connectivity index (χ0n) is 14.8. The quantitative estimate of drug-likeness (QED) is 0.747. The van der Waals surface area contributed by atoms with Crippen molar-refractivity contribution >= 4 is 11.6 Å². The fourth-order valence-corrected chi connectivity index (χ4v) is 4.64. The minimum atomic E-state index is -0.226. The minimum Gasteiger partial charge on any atom is -0.307 e. The largest absolute Gasteiger partial charge is 0.307 e. The lowest BCUT2D eigenvalue weighted by molar-refractivity contribution is 0.0985. The molecular formula is C21H19FN4O. The van der Waals surface area contributed by atoms with Gasteiger partial charge in [0, 0.05) is 28.7 Å². The fourth-order valence-electron chi connectivity index (χ4n) is 4.64. The Morgan fingerprint density at radius 1 is 1.11 bits per heavy atom. The van der Waals surface area contributed by atoms with Crippen molar-refractivity contribution in [2.24, 2.45) is 0 Å². The summed E-state index contributed by atoms with van der Waals surface area (Å²) in [5, 5.41) is 6.66. The molecule has 1 aromatic heterocycles. The first-order valence-electron chi connectivity index (χ1n) is 9.25. The SMILES string of the molecule is O=C(c1ccc(-c2ncn[nH]2)cc1)N1CC2(CCCC2)c2c(F)cccc21. The molecule has 0 bridgehead atoms. The van der Waals surface area contributed by atoms with Crippen LogP contribution in [0, 0.1) is 5.82 Å². The number of aromatic amines is 1. The molecule has 3 aromatic rings. The highest BCUT2D eigenvalue weighted by atomic mass is 19.1. The van der Waals surface area contributed by atoms with Crippen LogP contribution in [-0.4, -0.2) is 27.6 Å². The smallest absolute Gasteiger partial charge is 0.258 e. The van der Waals surface area contributed by atoms with Crippen molar-refractivity contribution in [3.8, 4) is 11.4 Å². The zero-order chi connectivity index (χ0) is 18.4. The number of carbonyl (C=O) groups is 1. The van der Waals surface area contributed by atoms with Crippen LogP contribution in [-0.2, 0) is 5.41 Å². The summed E-state index contributed by atoms with van der Waals surface area (Å²) in [5.41, 5.74) is 2.68. The highest BCUT2D eigenvalue weighted by Crippen LogP contribution is 2.51. The minimum absolute atomic E-state index is 0.0882. The van der Waals surface area contributed by atoms with Gasteiger partial charge in [-0.2, -0.15) is 5.10 Å². The lowest BCUT2D eigenvalue weighted by atomic mass is 9.80. The summed E-state index contributed by atoms with van der Waals surface area (Å²) < 4.78 is 14.7. The molecule has 1 amide bonds. The summed E-state index contributed by atoms with van der Waals surface area (Å²) in [4.78, 5) is 19.1. The molecule has 1 N–H and O–H groups in total. The summed E-state index contributed by atoms with van der Waals surface area (Å²) in [5.74, 6) is 0.382. The Morgan fingerprint density at radius 2 is 1.89 bits per heavy atom. The van der Waals surface area contributed by atoms with Crippen molar-refractivity contribution in [3.63, 3.8) is 0 Å². The van der Waals surface area contributed by atoms with Gasteiger partial charge in [-0.15, -0.1) is 0 Å². The second-order valence-corrected chi connectivity index (χ2v) is 7.42. The molecule has 0 saturated heterocycles. The van der Waals surface area contributed by atoms with E-state index in [-0.39, 0.29) is 17.1 Å². The molecule has 0 unspecified atom stereocenters. The Morgan fingerprint density at radius 3 is 2.59 bits per heavy atom. The number of nitrogens with zero attached hydrogens (tertiary/aromatic N) is 3. The number of carbonyl (C=O) groups excluding carboxylic acids is 1. The molecule has 2 heterocycles. The van der Waals surface area contributed by atoms with Crippen LogP contribution in [0.25, 0.3) is 11.4 Å². The number of halogens is 1. The van der Waals surface area contributed by atoms with E-state index in [0.29, 0.717) is 17.9 Å². The van der Waals surface area contributed by atoms with Crippen molar-refractivity contribution in [2.45, 2.75) is 31.1 Å². The van der Waals surface area contributed by atoms with E-state index in [0.717, 1.165) is 42.5 Å². The van der Waals surface area contributed by atoms with Gasteiger partial charge in [0.15, 0.2) is 5.82 Å². The van der Waals surface area contributed by atoms with Gasteiger partial charge < -0.3 is 4.90 Å². The molecule has 1 saturated carbocycles. The third-order valence-corrected chi connectivity index (χ3v) is 5.90. The molecule has 1 fully saturated rings. The van der Waals surface area contributed by atoms with E-state index in [1.54, 1.807) is 23.1 Å². The number of amides is 1. The second kappa shape index (κ2) is 6.01. The van der Waals surface area contributed by atoms with Crippen LogP contribution in [0.15, 0.2) is 48.8 Å². The van der Waals surface area contributed by atoms with Gasteiger partial charge in [-0.1, -0.05) is 31.0 Å². The number of fused-ring (bicyclic) bond motifs is 2. The summed E-state index contributed by atoms with van der Waals surface area (Å²) in [6, 6.07) is 12.3. The van der Waals surface area contributed by atoms with Gasteiger partial charge in [-0.3, -0.25) is 9.89 Å². The van der Waals surface area contributed by atoms with Crippen molar-refractivity contribution < 1.29 is 9.18 Å². The standard InChI is InChI=1S/C21H19FN4O/c22-16-4-3-5-17-18(16)21(10-1-2-11-21)12-26(17)20(27)15-8-6-14(7-9-15)19-23-13-24-25-19/h3-9,13H,1-2,10-12H2,(H,23,24,25). The van der Waals surface area contributed by atoms with E-state index in [4.69, 9.17) is 0 Å². The van der Waals surface area contributed by atoms with Gasteiger partial charge in [-0.05, 0) is 37.1 Å². The van der Waals surface area contributed by atoms with Gasteiger partial charge >= 0.3 is 0 Å². The summed E-state index contributed by atoms with van der Waals surface area (Å²) in [7, 11) is 0.